The molecule has 0 aromatic heterocycles. The summed E-state index contributed by atoms with van der Waals surface area (Å²) >= 11 is 0. The van der Waals surface area contributed by atoms with Crippen molar-refractivity contribution in [2.45, 2.75) is 16.2 Å². The molecule has 0 saturated heterocycles. The summed E-state index contributed by atoms with van der Waals surface area (Å²) < 4.78 is 53.6. The lowest BCUT2D eigenvalue weighted by Crippen LogP contribution is -2.40. The summed E-state index contributed by atoms with van der Waals surface area (Å²) in [6.07, 6.45) is 11.0. The molecule has 0 spiro atoms. The molecule has 4 N–H and O–H groups in total. The smallest absolute Gasteiger partial charge is 0.333 e. The fourth-order valence-corrected chi connectivity index (χ4v) is 6.81. The SMILES string of the molecule is C#Cc1ccc(S(=O)(=O)N(C(N)=O)c2ccc(Cc3ccc(N(C(N)=O)S(=O)(=O)c4ccc(C#C)cc4)cc3)cc2)cc1. The van der Waals surface area contributed by atoms with Crippen molar-refractivity contribution in [3.8, 4) is 24.7 Å². The van der Waals surface area contributed by atoms with Crippen LogP contribution in [0.4, 0.5) is 21.0 Å². The van der Waals surface area contributed by atoms with E-state index in [2.05, 4.69) is 11.8 Å². The summed E-state index contributed by atoms with van der Waals surface area (Å²) in [7, 11) is -8.63. The number of sulfonamides is 2. The summed E-state index contributed by atoms with van der Waals surface area (Å²) in [5.41, 5.74) is 13.4. The molecule has 12 heteroatoms. The third kappa shape index (κ3) is 6.36. The lowest BCUT2D eigenvalue weighted by molar-refractivity contribution is 0.256. The van der Waals surface area contributed by atoms with E-state index in [9.17, 15) is 26.4 Å². The van der Waals surface area contributed by atoms with Gasteiger partial charge in [0.05, 0.1) is 21.2 Å². The van der Waals surface area contributed by atoms with Crippen LogP contribution in [0.2, 0.25) is 0 Å². The van der Waals surface area contributed by atoms with E-state index in [4.69, 9.17) is 24.3 Å². The third-order valence-corrected chi connectivity index (χ3v) is 9.75. The van der Waals surface area contributed by atoms with Gasteiger partial charge in [-0.2, -0.15) is 8.61 Å². The van der Waals surface area contributed by atoms with Crippen molar-refractivity contribution in [2.75, 3.05) is 8.61 Å². The number of urea groups is 2. The van der Waals surface area contributed by atoms with Gasteiger partial charge in [-0.05, 0) is 90.3 Å². The largest absolute Gasteiger partial charge is 0.350 e. The zero-order chi connectivity index (χ0) is 31.4. The van der Waals surface area contributed by atoms with Crippen LogP contribution in [0.1, 0.15) is 22.3 Å². The zero-order valence-electron chi connectivity index (χ0n) is 22.4. The number of hydrogen-bond acceptors (Lipinski definition) is 6. The molecular weight excluding hydrogens is 588 g/mol. The Morgan fingerprint density at radius 2 is 0.860 bits per heavy atom. The number of amides is 4. The Morgan fingerprint density at radius 3 is 1.12 bits per heavy atom. The molecule has 0 unspecified atom stereocenters. The first-order valence-electron chi connectivity index (χ1n) is 12.4. The predicted molar refractivity (Wildman–Crippen MR) is 163 cm³/mol. The predicted octanol–water partition coefficient (Wildman–Crippen LogP) is 3.79. The Kier molecular flexibility index (Phi) is 8.57. The van der Waals surface area contributed by atoms with Crippen LogP contribution in [0.15, 0.2) is 107 Å². The maximum Gasteiger partial charge on any atom is 0.333 e. The topological polar surface area (TPSA) is 161 Å². The number of nitrogens with zero attached hydrogens (tertiary/aromatic N) is 2. The van der Waals surface area contributed by atoms with E-state index in [0.717, 1.165) is 11.1 Å². The molecule has 0 atom stereocenters. The summed E-state index contributed by atoms with van der Waals surface area (Å²) in [4.78, 5) is 24.1. The van der Waals surface area contributed by atoms with Crippen molar-refractivity contribution in [3.05, 3.63) is 119 Å². The lowest BCUT2D eigenvalue weighted by atomic mass is 10.0. The van der Waals surface area contributed by atoms with Crippen LogP contribution in [0, 0.1) is 24.7 Å². The van der Waals surface area contributed by atoms with Crippen LogP contribution < -0.4 is 20.1 Å². The van der Waals surface area contributed by atoms with Crippen LogP contribution in [-0.2, 0) is 26.5 Å². The van der Waals surface area contributed by atoms with Gasteiger partial charge >= 0.3 is 12.1 Å². The van der Waals surface area contributed by atoms with E-state index in [1.807, 2.05) is 0 Å². The number of terminal acetylenes is 2. The number of carbonyl (C=O) groups is 2. The number of benzene rings is 4. The molecular formula is C31H24N4O6S2. The molecule has 0 aliphatic carbocycles. The van der Waals surface area contributed by atoms with E-state index < -0.39 is 32.1 Å². The van der Waals surface area contributed by atoms with Crippen molar-refractivity contribution in [1.29, 1.82) is 0 Å². The minimum absolute atomic E-state index is 0.0326. The van der Waals surface area contributed by atoms with Gasteiger partial charge in [0.15, 0.2) is 0 Å². The highest BCUT2D eigenvalue weighted by Gasteiger charge is 2.30. The summed E-state index contributed by atoms with van der Waals surface area (Å²) in [6.45, 7) is 0. The first kappa shape index (κ1) is 30.4. The minimum atomic E-state index is -4.32. The van der Waals surface area contributed by atoms with E-state index in [1.54, 1.807) is 24.3 Å². The van der Waals surface area contributed by atoms with E-state index in [1.165, 1.54) is 72.8 Å². The van der Waals surface area contributed by atoms with Crippen LogP contribution in [0.3, 0.4) is 0 Å². The van der Waals surface area contributed by atoms with Gasteiger partial charge in [-0.25, -0.2) is 26.4 Å². The van der Waals surface area contributed by atoms with E-state index >= 15 is 0 Å². The second-order valence-corrected chi connectivity index (χ2v) is 12.6. The van der Waals surface area contributed by atoms with E-state index in [0.29, 0.717) is 26.2 Å². The molecule has 0 aliphatic rings. The molecule has 0 bridgehead atoms. The fraction of sp³-hybridized carbons (Fsp3) is 0.0323. The zero-order valence-corrected chi connectivity index (χ0v) is 24.0. The first-order chi connectivity index (χ1) is 20.4. The molecule has 10 nitrogen and oxygen atoms in total. The second-order valence-electron chi connectivity index (χ2n) is 9.06. The van der Waals surface area contributed by atoms with Crippen LogP contribution in [0.25, 0.3) is 0 Å². The van der Waals surface area contributed by atoms with Crippen molar-refractivity contribution < 1.29 is 26.4 Å². The maximum atomic E-state index is 13.2. The molecule has 216 valence electrons. The van der Waals surface area contributed by atoms with Crippen molar-refractivity contribution in [2.24, 2.45) is 11.5 Å². The number of rotatable bonds is 8. The number of hydrogen-bond donors (Lipinski definition) is 2. The van der Waals surface area contributed by atoms with Gasteiger partial charge in [-0.1, -0.05) is 36.1 Å². The van der Waals surface area contributed by atoms with Gasteiger partial charge in [0.2, 0.25) is 0 Å². The lowest BCUT2D eigenvalue weighted by Gasteiger charge is -2.21. The second kappa shape index (κ2) is 12.1. The normalized spacial score (nSPS) is 11.1. The fourth-order valence-electron chi connectivity index (χ4n) is 4.16. The quantitative estimate of drug-likeness (QED) is 0.288. The van der Waals surface area contributed by atoms with Crippen molar-refractivity contribution in [1.82, 2.24) is 0 Å². The Balaban J connectivity index is 1.55. The van der Waals surface area contributed by atoms with Gasteiger partial charge < -0.3 is 11.5 Å². The molecule has 4 rings (SSSR count). The average molecular weight is 613 g/mol. The molecule has 0 radical (unpaired) electrons. The summed E-state index contributed by atoms with van der Waals surface area (Å²) in [6, 6.07) is 20.8. The molecule has 4 amide bonds. The molecule has 4 aromatic rings. The van der Waals surface area contributed by atoms with Gasteiger partial charge in [-0.15, -0.1) is 12.8 Å². The molecule has 43 heavy (non-hydrogen) atoms. The molecule has 4 aromatic carbocycles. The van der Waals surface area contributed by atoms with Gasteiger partial charge in [0.1, 0.15) is 0 Å². The van der Waals surface area contributed by atoms with Crippen LogP contribution >= 0.6 is 0 Å². The molecule has 0 heterocycles. The Morgan fingerprint density at radius 1 is 0.558 bits per heavy atom. The summed E-state index contributed by atoms with van der Waals surface area (Å²) in [5, 5.41) is 0. The minimum Gasteiger partial charge on any atom is -0.350 e. The maximum absolute atomic E-state index is 13.2. The highest BCUT2D eigenvalue weighted by atomic mass is 32.2. The van der Waals surface area contributed by atoms with Gasteiger partial charge in [-0.3, -0.25) is 0 Å². The molecule has 0 saturated carbocycles. The van der Waals surface area contributed by atoms with Crippen LogP contribution in [0.5, 0.6) is 0 Å². The third-order valence-electron chi connectivity index (χ3n) is 6.27. The number of anilines is 2. The molecule has 0 fully saturated rings. The Labute approximate surface area is 249 Å². The Hall–Kier alpha value is -5.56. The van der Waals surface area contributed by atoms with Crippen LogP contribution in [-0.4, -0.2) is 28.9 Å². The van der Waals surface area contributed by atoms with Gasteiger partial charge in [0.25, 0.3) is 20.0 Å². The highest BCUT2D eigenvalue weighted by molar-refractivity contribution is 7.94. The molecule has 0 aliphatic heterocycles. The van der Waals surface area contributed by atoms with Crippen molar-refractivity contribution in [3.63, 3.8) is 0 Å². The van der Waals surface area contributed by atoms with E-state index in [-0.39, 0.29) is 21.2 Å². The summed E-state index contributed by atoms with van der Waals surface area (Å²) in [5.74, 6) is 4.78. The number of carbonyl (C=O) groups excluding carboxylic acids is 2. The first-order valence-corrected chi connectivity index (χ1v) is 15.3. The number of nitrogens with two attached hydrogens (primary N) is 2. The highest BCUT2D eigenvalue weighted by Crippen LogP contribution is 2.27. The number of primary amides is 2. The standard InChI is InChI=1S/C31H24N4O6S2/c1-3-22-9-17-28(18-10-22)42(38,39)34(30(32)36)26-13-5-24(6-14-26)21-25-7-15-27(16-8-25)35(31(33)37)43(40,41)29-19-11-23(4-2)12-20-29/h1-2,5-20H,21H2,(H2,32,36)(H2,33,37). The average Bonchev–Trinajstić information content (AvgIpc) is 2.98. The Bertz CT molecular complexity index is 1830. The van der Waals surface area contributed by atoms with Gasteiger partial charge in [0, 0.05) is 11.1 Å². The monoisotopic (exact) mass is 612 g/mol. The van der Waals surface area contributed by atoms with Crippen molar-refractivity contribution >= 4 is 43.5 Å².